The van der Waals surface area contributed by atoms with Crippen molar-refractivity contribution in [3.63, 3.8) is 0 Å². The summed E-state index contributed by atoms with van der Waals surface area (Å²) in [4.78, 5) is 12.1. The van der Waals surface area contributed by atoms with Gasteiger partial charge in [0.2, 0.25) is 0 Å². The second-order valence-corrected chi connectivity index (χ2v) is 5.50. The lowest BCUT2D eigenvalue weighted by Gasteiger charge is -2.12. The van der Waals surface area contributed by atoms with Gasteiger partial charge in [-0.15, -0.1) is 0 Å². The molecule has 0 spiro atoms. The molecule has 0 aliphatic carbocycles. The molecule has 3 N–H and O–H groups in total. The van der Waals surface area contributed by atoms with Gasteiger partial charge in [-0.2, -0.15) is 0 Å². The first kappa shape index (κ1) is 13.9. The van der Waals surface area contributed by atoms with Gasteiger partial charge >= 0.3 is 0 Å². The van der Waals surface area contributed by atoms with Gasteiger partial charge < -0.3 is 11.1 Å². The highest BCUT2D eigenvalue weighted by atomic mass is 79.9. The van der Waals surface area contributed by atoms with E-state index in [9.17, 15) is 4.79 Å². The molecule has 2 aromatic rings. The largest absolute Gasteiger partial charge is 0.397 e. The summed E-state index contributed by atoms with van der Waals surface area (Å²) >= 11 is 9.15. The normalized spacial score (nSPS) is 10.3. The number of hydrogen-bond acceptors (Lipinski definition) is 2. The molecule has 0 radical (unpaired) electrons. The van der Waals surface area contributed by atoms with Gasteiger partial charge in [-0.1, -0.05) is 27.5 Å². The summed E-state index contributed by atoms with van der Waals surface area (Å²) in [7, 11) is 0. The first-order valence-electron chi connectivity index (χ1n) is 5.60. The van der Waals surface area contributed by atoms with Crippen molar-refractivity contribution in [1.82, 2.24) is 0 Å². The summed E-state index contributed by atoms with van der Waals surface area (Å²) in [5.41, 5.74) is 8.49. The third-order valence-corrected chi connectivity index (χ3v) is 3.39. The van der Waals surface area contributed by atoms with Crippen molar-refractivity contribution < 1.29 is 4.79 Å². The standard InChI is InChI=1S/C14H12BrClN2O/c1-8-6-10(15)7-12(17)13(8)18-14(19)9-2-4-11(16)5-3-9/h2-7H,17H2,1H3,(H,18,19). The molecule has 3 nitrogen and oxygen atoms in total. The average Bonchev–Trinajstić information content (AvgIpc) is 2.34. The van der Waals surface area contributed by atoms with Crippen LogP contribution in [0.1, 0.15) is 15.9 Å². The Labute approximate surface area is 124 Å². The number of carbonyl (C=O) groups excluding carboxylic acids is 1. The lowest BCUT2D eigenvalue weighted by Crippen LogP contribution is -2.14. The molecule has 98 valence electrons. The molecule has 0 heterocycles. The summed E-state index contributed by atoms with van der Waals surface area (Å²) in [6.45, 7) is 1.89. The Morgan fingerprint density at radius 2 is 1.89 bits per heavy atom. The lowest BCUT2D eigenvalue weighted by molar-refractivity contribution is 0.102. The summed E-state index contributed by atoms with van der Waals surface area (Å²) in [5.74, 6) is -0.214. The van der Waals surface area contributed by atoms with Gasteiger partial charge in [-0.05, 0) is 48.9 Å². The average molecular weight is 340 g/mol. The number of aryl methyl sites for hydroxylation is 1. The van der Waals surface area contributed by atoms with E-state index < -0.39 is 0 Å². The molecule has 0 saturated heterocycles. The summed E-state index contributed by atoms with van der Waals surface area (Å²) < 4.78 is 0.881. The van der Waals surface area contributed by atoms with Crippen molar-refractivity contribution in [2.75, 3.05) is 11.1 Å². The fourth-order valence-corrected chi connectivity index (χ4v) is 2.44. The van der Waals surface area contributed by atoms with Crippen molar-refractivity contribution in [3.05, 3.63) is 57.0 Å². The van der Waals surface area contributed by atoms with E-state index in [1.54, 1.807) is 30.3 Å². The van der Waals surface area contributed by atoms with Crippen molar-refractivity contribution >= 4 is 44.8 Å². The van der Waals surface area contributed by atoms with E-state index in [2.05, 4.69) is 21.2 Å². The van der Waals surface area contributed by atoms with E-state index in [0.29, 0.717) is 22.0 Å². The topological polar surface area (TPSA) is 55.1 Å². The van der Waals surface area contributed by atoms with E-state index in [4.69, 9.17) is 17.3 Å². The number of amides is 1. The SMILES string of the molecule is Cc1cc(Br)cc(N)c1NC(=O)c1ccc(Cl)cc1. The number of halogens is 2. The molecule has 0 aliphatic rings. The fraction of sp³-hybridized carbons (Fsp3) is 0.0714. The van der Waals surface area contributed by atoms with Crippen LogP contribution in [0.5, 0.6) is 0 Å². The number of nitrogens with two attached hydrogens (primary N) is 1. The zero-order chi connectivity index (χ0) is 14.0. The number of anilines is 2. The van der Waals surface area contributed by atoms with Crippen LogP contribution in [0.3, 0.4) is 0 Å². The smallest absolute Gasteiger partial charge is 0.255 e. The van der Waals surface area contributed by atoms with E-state index >= 15 is 0 Å². The van der Waals surface area contributed by atoms with Gasteiger partial charge in [-0.3, -0.25) is 4.79 Å². The minimum atomic E-state index is -0.214. The number of carbonyl (C=O) groups is 1. The number of benzene rings is 2. The summed E-state index contributed by atoms with van der Waals surface area (Å²) in [6.07, 6.45) is 0. The molecule has 0 aromatic heterocycles. The molecule has 2 aromatic carbocycles. The van der Waals surface area contributed by atoms with Gasteiger partial charge in [0, 0.05) is 15.1 Å². The van der Waals surface area contributed by atoms with E-state index in [0.717, 1.165) is 10.0 Å². The molecule has 0 fully saturated rings. The third-order valence-electron chi connectivity index (χ3n) is 2.68. The molecule has 0 saturated carbocycles. The molecule has 19 heavy (non-hydrogen) atoms. The van der Waals surface area contributed by atoms with E-state index in [1.165, 1.54) is 0 Å². The molecule has 1 amide bonds. The maximum Gasteiger partial charge on any atom is 0.255 e. The molecular formula is C14H12BrClN2O. The summed E-state index contributed by atoms with van der Waals surface area (Å²) in [6, 6.07) is 10.3. The third kappa shape index (κ3) is 3.28. The van der Waals surface area contributed by atoms with Gasteiger partial charge in [-0.25, -0.2) is 0 Å². The minimum Gasteiger partial charge on any atom is -0.397 e. The Morgan fingerprint density at radius 1 is 1.26 bits per heavy atom. The van der Waals surface area contributed by atoms with Gasteiger partial charge in [0.25, 0.3) is 5.91 Å². The number of nitrogen functional groups attached to an aromatic ring is 1. The monoisotopic (exact) mass is 338 g/mol. The Hall–Kier alpha value is -1.52. The fourth-order valence-electron chi connectivity index (χ4n) is 1.73. The van der Waals surface area contributed by atoms with Crippen LogP contribution in [0, 0.1) is 6.92 Å². The highest BCUT2D eigenvalue weighted by Crippen LogP contribution is 2.28. The number of nitrogens with one attached hydrogen (secondary N) is 1. The predicted molar refractivity (Wildman–Crippen MR) is 82.7 cm³/mol. The highest BCUT2D eigenvalue weighted by Gasteiger charge is 2.10. The van der Waals surface area contributed by atoms with Crippen LogP contribution >= 0.6 is 27.5 Å². The van der Waals surface area contributed by atoms with Gasteiger partial charge in [0.05, 0.1) is 11.4 Å². The van der Waals surface area contributed by atoms with E-state index in [-0.39, 0.29) is 5.91 Å². The van der Waals surface area contributed by atoms with E-state index in [1.807, 2.05) is 13.0 Å². The van der Waals surface area contributed by atoms with Crippen molar-refractivity contribution in [1.29, 1.82) is 0 Å². The lowest BCUT2D eigenvalue weighted by atomic mass is 10.1. The van der Waals surface area contributed by atoms with Crippen molar-refractivity contribution in [2.45, 2.75) is 6.92 Å². The van der Waals surface area contributed by atoms with Crippen molar-refractivity contribution in [3.8, 4) is 0 Å². The minimum absolute atomic E-state index is 0.214. The predicted octanol–water partition coefficient (Wildman–Crippen LogP) is 4.25. The Bertz CT molecular complexity index is 603. The number of rotatable bonds is 2. The number of hydrogen-bond donors (Lipinski definition) is 2. The zero-order valence-electron chi connectivity index (χ0n) is 10.2. The Kier molecular flexibility index (Phi) is 4.12. The molecule has 0 bridgehead atoms. The Balaban J connectivity index is 2.26. The van der Waals surface area contributed by atoms with Crippen LogP contribution in [-0.2, 0) is 0 Å². The second kappa shape index (κ2) is 5.63. The maximum absolute atomic E-state index is 12.1. The molecule has 0 atom stereocenters. The first-order chi connectivity index (χ1) is 8.97. The van der Waals surface area contributed by atoms with Gasteiger partial charge in [0.15, 0.2) is 0 Å². The molecular weight excluding hydrogens is 328 g/mol. The summed E-state index contributed by atoms with van der Waals surface area (Å²) in [5, 5.41) is 3.41. The van der Waals surface area contributed by atoms with Crippen LogP contribution in [-0.4, -0.2) is 5.91 Å². The molecule has 0 unspecified atom stereocenters. The molecule has 5 heteroatoms. The molecule has 2 rings (SSSR count). The van der Waals surface area contributed by atoms with Crippen LogP contribution in [0.25, 0.3) is 0 Å². The van der Waals surface area contributed by atoms with Crippen LogP contribution < -0.4 is 11.1 Å². The second-order valence-electron chi connectivity index (χ2n) is 4.15. The van der Waals surface area contributed by atoms with Crippen molar-refractivity contribution in [2.24, 2.45) is 0 Å². The van der Waals surface area contributed by atoms with Crippen LogP contribution in [0.15, 0.2) is 40.9 Å². The zero-order valence-corrected chi connectivity index (χ0v) is 12.5. The highest BCUT2D eigenvalue weighted by molar-refractivity contribution is 9.10. The van der Waals surface area contributed by atoms with Crippen LogP contribution in [0.4, 0.5) is 11.4 Å². The quantitative estimate of drug-likeness (QED) is 0.804. The molecule has 0 aliphatic heterocycles. The van der Waals surface area contributed by atoms with Gasteiger partial charge in [0.1, 0.15) is 0 Å². The first-order valence-corrected chi connectivity index (χ1v) is 6.77. The maximum atomic E-state index is 12.1. The van der Waals surface area contributed by atoms with Crippen LogP contribution in [0.2, 0.25) is 5.02 Å². The Morgan fingerprint density at radius 3 is 2.47 bits per heavy atom.